The number of carbonyl (C=O) groups excluding carboxylic acids is 1. The van der Waals surface area contributed by atoms with Crippen LogP contribution in [0.4, 0.5) is 0 Å². The first-order chi connectivity index (χ1) is 8.15. The van der Waals surface area contributed by atoms with Crippen LogP contribution in [-0.2, 0) is 19.0 Å². The molecule has 0 aromatic heterocycles. The fourth-order valence-corrected chi connectivity index (χ4v) is 2.31. The quantitative estimate of drug-likeness (QED) is 0.398. The zero-order valence-corrected chi connectivity index (χ0v) is 10.4. The first-order valence-electron chi connectivity index (χ1n) is 5.97. The first-order valence-corrected chi connectivity index (χ1v) is 5.97. The topological polar surface area (TPSA) is 44.8 Å². The van der Waals surface area contributed by atoms with E-state index in [2.05, 4.69) is 10.5 Å². The average molecular weight is 238 g/mol. The molecule has 1 saturated heterocycles. The molecule has 2 aliphatic rings. The Hall–Kier alpha value is -1.09. The number of carbonyl (C=O) groups is 1. The maximum absolute atomic E-state index is 11.3. The van der Waals surface area contributed by atoms with Gasteiger partial charge in [0.2, 0.25) is 0 Å². The van der Waals surface area contributed by atoms with Crippen LogP contribution in [0.5, 0.6) is 0 Å². The van der Waals surface area contributed by atoms with Gasteiger partial charge in [-0.3, -0.25) is 0 Å². The molecule has 1 aliphatic heterocycles. The number of rotatable bonds is 1. The molecule has 17 heavy (non-hydrogen) atoms. The van der Waals surface area contributed by atoms with Crippen molar-refractivity contribution in [1.29, 1.82) is 0 Å². The largest absolute Gasteiger partial charge is 0.465 e. The highest BCUT2D eigenvalue weighted by molar-refractivity contribution is 5.87. The monoisotopic (exact) mass is 238 g/mol. The highest BCUT2D eigenvalue weighted by Crippen LogP contribution is 2.37. The summed E-state index contributed by atoms with van der Waals surface area (Å²) >= 11 is 0. The van der Waals surface area contributed by atoms with Crippen molar-refractivity contribution >= 4 is 5.97 Å². The Balaban J connectivity index is 2.03. The molecule has 0 aromatic rings. The lowest BCUT2D eigenvalue weighted by molar-refractivity contribution is -0.171. The lowest BCUT2D eigenvalue weighted by atomic mass is 9.90. The summed E-state index contributed by atoms with van der Waals surface area (Å²) in [6.45, 7) is 3.11. The third-order valence-corrected chi connectivity index (χ3v) is 3.28. The molecule has 0 amide bonds. The Morgan fingerprint density at radius 3 is 2.41 bits per heavy atom. The maximum atomic E-state index is 11.3. The number of ether oxygens (including phenoxy) is 3. The lowest BCUT2D eigenvalue weighted by Gasteiger charge is -2.31. The molecule has 0 radical (unpaired) electrons. The molecular formula is C13H18O4. The lowest BCUT2D eigenvalue weighted by Crippen LogP contribution is -2.32. The third-order valence-electron chi connectivity index (χ3n) is 3.28. The summed E-state index contributed by atoms with van der Waals surface area (Å²) in [5.41, 5.74) is 4.81. The Bertz CT molecular complexity index is 359. The van der Waals surface area contributed by atoms with Crippen LogP contribution in [0.15, 0.2) is 16.9 Å². The second kappa shape index (κ2) is 5.05. The van der Waals surface area contributed by atoms with Crippen molar-refractivity contribution < 1.29 is 19.0 Å². The first kappa shape index (κ1) is 12.4. The van der Waals surface area contributed by atoms with Crippen LogP contribution in [0.1, 0.15) is 32.6 Å². The van der Waals surface area contributed by atoms with Gasteiger partial charge in [-0.25, -0.2) is 4.79 Å². The second-order valence-corrected chi connectivity index (χ2v) is 4.45. The van der Waals surface area contributed by atoms with Gasteiger partial charge in [0.25, 0.3) is 0 Å². The Morgan fingerprint density at radius 2 is 1.88 bits per heavy atom. The second-order valence-electron chi connectivity index (χ2n) is 4.45. The Morgan fingerprint density at radius 1 is 1.29 bits per heavy atom. The fourth-order valence-electron chi connectivity index (χ4n) is 2.31. The molecule has 4 nitrogen and oxygen atoms in total. The van der Waals surface area contributed by atoms with Crippen LogP contribution in [0, 0.1) is 0 Å². The molecule has 2 fully saturated rings. The summed E-state index contributed by atoms with van der Waals surface area (Å²) in [5, 5.41) is 0. The number of esters is 1. The molecule has 0 unspecified atom stereocenters. The van der Waals surface area contributed by atoms with E-state index in [4.69, 9.17) is 9.47 Å². The van der Waals surface area contributed by atoms with Gasteiger partial charge in [-0.15, -0.1) is 5.73 Å². The molecular weight excluding hydrogens is 220 g/mol. The summed E-state index contributed by atoms with van der Waals surface area (Å²) in [5.74, 6) is -0.671. The van der Waals surface area contributed by atoms with Crippen molar-refractivity contribution in [2.75, 3.05) is 20.3 Å². The van der Waals surface area contributed by atoms with Crippen LogP contribution < -0.4 is 0 Å². The molecule has 94 valence electrons. The Kier molecular flexibility index (Phi) is 3.67. The van der Waals surface area contributed by atoms with E-state index >= 15 is 0 Å². The van der Waals surface area contributed by atoms with E-state index in [0.29, 0.717) is 18.8 Å². The summed E-state index contributed by atoms with van der Waals surface area (Å²) in [7, 11) is 1.38. The van der Waals surface area contributed by atoms with Gasteiger partial charge >= 0.3 is 5.97 Å². The van der Waals surface area contributed by atoms with Gasteiger partial charge in [0.15, 0.2) is 5.79 Å². The number of methoxy groups -OCH3 is 1. The summed E-state index contributed by atoms with van der Waals surface area (Å²) in [4.78, 5) is 11.3. The van der Waals surface area contributed by atoms with Crippen LogP contribution in [-0.4, -0.2) is 32.1 Å². The molecule has 1 aliphatic carbocycles. The third kappa shape index (κ3) is 2.78. The number of hydrogen-bond donors (Lipinski definition) is 0. The predicted molar refractivity (Wildman–Crippen MR) is 61.3 cm³/mol. The molecule has 1 spiro atoms. The number of hydrogen-bond acceptors (Lipinski definition) is 4. The van der Waals surface area contributed by atoms with Crippen molar-refractivity contribution in [2.24, 2.45) is 0 Å². The van der Waals surface area contributed by atoms with Gasteiger partial charge in [0.05, 0.1) is 25.9 Å². The van der Waals surface area contributed by atoms with Gasteiger partial charge in [0.1, 0.15) is 0 Å². The van der Waals surface area contributed by atoms with E-state index < -0.39 is 0 Å². The van der Waals surface area contributed by atoms with Crippen LogP contribution in [0.2, 0.25) is 0 Å². The van der Waals surface area contributed by atoms with Gasteiger partial charge in [-0.1, -0.05) is 0 Å². The van der Waals surface area contributed by atoms with E-state index in [1.165, 1.54) is 7.11 Å². The standard InChI is InChI=1S/C13H18O4/c1-10(12(14)15-2)9-11-3-5-13(6-4-11)16-7-8-17-13/h3-8H2,1-2H3. The fraction of sp³-hybridized carbons (Fsp3) is 0.692. The van der Waals surface area contributed by atoms with Crippen LogP contribution >= 0.6 is 0 Å². The zero-order chi connectivity index (χ0) is 12.3. The van der Waals surface area contributed by atoms with E-state index in [0.717, 1.165) is 31.3 Å². The molecule has 2 rings (SSSR count). The van der Waals surface area contributed by atoms with Gasteiger partial charge in [-0.2, -0.15) is 0 Å². The van der Waals surface area contributed by atoms with Crippen molar-refractivity contribution in [3.05, 3.63) is 16.9 Å². The van der Waals surface area contributed by atoms with E-state index in [1.54, 1.807) is 6.92 Å². The van der Waals surface area contributed by atoms with Crippen LogP contribution in [0.3, 0.4) is 0 Å². The average Bonchev–Trinajstić information content (AvgIpc) is 2.80. The molecule has 1 heterocycles. The summed E-state index contributed by atoms with van der Waals surface area (Å²) in [6, 6.07) is 0. The zero-order valence-electron chi connectivity index (χ0n) is 10.4. The van der Waals surface area contributed by atoms with Gasteiger partial charge in [0, 0.05) is 12.8 Å². The van der Waals surface area contributed by atoms with Gasteiger partial charge in [-0.05, 0) is 25.3 Å². The highest BCUT2D eigenvalue weighted by atomic mass is 16.7. The normalized spacial score (nSPS) is 22.4. The SMILES string of the molecule is COC(=O)C(C)=C=C1CCC2(CC1)OCCO2. The summed E-state index contributed by atoms with van der Waals surface area (Å²) < 4.78 is 15.9. The molecule has 0 atom stereocenters. The Labute approximate surface area is 101 Å². The molecule has 0 bridgehead atoms. The van der Waals surface area contributed by atoms with Crippen LogP contribution in [0.25, 0.3) is 0 Å². The minimum absolute atomic E-state index is 0.314. The van der Waals surface area contributed by atoms with Crippen molar-refractivity contribution in [2.45, 2.75) is 38.4 Å². The van der Waals surface area contributed by atoms with E-state index in [1.807, 2.05) is 0 Å². The van der Waals surface area contributed by atoms with E-state index in [-0.39, 0.29) is 11.8 Å². The molecule has 0 aromatic carbocycles. The van der Waals surface area contributed by atoms with Gasteiger partial charge < -0.3 is 14.2 Å². The van der Waals surface area contributed by atoms with Crippen molar-refractivity contribution in [3.63, 3.8) is 0 Å². The molecule has 0 N–H and O–H groups in total. The molecule has 4 heteroatoms. The molecule has 1 saturated carbocycles. The highest BCUT2D eigenvalue weighted by Gasteiger charge is 2.38. The minimum atomic E-state index is -0.357. The van der Waals surface area contributed by atoms with Crippen molar-refractivity contribution in [3.8, 4) is 0 Å². The predicted octanol–water partition coefficient (Wildman–Crippen LogP) is 1.95. The smallest absolute Gasteiger partial charge is 0.341 e. The summed E-state index contributed by atoms with van der Waals surface area (Å²) in [6.07, 6.45) is 3.44. The minimum Gasteiger partial charge on any atom is -0.465 e. The van der Waals surface area contributed by atoms with E-state index in [9.17, 15) is 4.79 Å². The maximum Gasteiger partial charge on any atom is 0.341 e. The van der Waals surface area contributed by atoms with Crippen molar-refractivity contribution in [1.82, 2.24) is 0 Å².